The fourth-order valence-corrected chi connectivity index (χ4v) is 3.75. The van der Waals surface area contributed by atoms with E-state index in [-0.39, 0.29) is 11.8 Å². The monoisotopic (exact) mass is 417 g/mol. The zero-order valence-electron chi connectivity index (χ0n) is 17.6. The first-order valence-electron chi connectivity index (χ1n) is 10.7. The van der Waals surface area contributed by atoms with Crippen LogP contribution in [0.25, 0.3) is 0 Å². The fourth-order valence-electron chi connectivity index (χ4n) is 3.75. The molecule has 0 atom stereocenters. The van der Waals surface area contributed by atoms with Gasteiger partial charge in [-0.3, -0.25) is 14.5 Å². The van der Waals surface area contributed by atoms with Crippen molar-refractivity contribution in [2.75, 3.05) is 59.0 Å². The van der Waals surface area contributed by atoms with E-state index in [9.17, 15) is 9.59 Å². The molecule has 2 aromatic rings. The van der Waals surface area contributed by atoms with Crippen molar-refractivity contribution in [2.45, 2.75) is 0 Å². The van der Waals surface area contributed by atoms with Gasteiger partial charge in [-0.2, -0.15) is 0 Å². The molecule has 0 saturated carbocycles. The maximum atomic E-state index is 12.8. The van der Waals surface area contributed by atoms with Gasteiger partial charge in [0.05, 0.1) is 19.8 Å². The minimum Gasteiger partial charge on any atom is -0.379 e. The zero-order valence-corrected chi connectivity index (χ0v) is 17.6. The number of morpholine rings is 1. The highest BCUT2D eigenvalue weighted by atomic mass is 16.5. The average Bonchev–Trinajstić information content (AvgIpc) is 2.84. The third kappa shape index (κ3) is 5.72. The molecular formula is C25H27N3O3. The quantitative estimate of drug-likeness (QED) is 0.714. The van der Waals surface area contributed by atoms with Crippen LogP contribution in [0.1, 0.15) is 21.5 Å². The first-order valence-corrected chi connectivity index (χ1v) is 10.7. The Morgan fingerprint density at radius 1 is 0.742 bits per heavy atom. The Labute approximate surface area is 183 Å². The Morgan fingerprint density at radius 3 is 1.97 bits per heavy atom. The normalized spacial score (nSPS) is 17.0. The van der Waals surface area contributed by atoms with E-state index in [1.165, 1.54) is 0 Å². The molecule has 0 spiro atoms. The summed E-state index contributed by atoms with van der Waals surface area (Å²) in [6.45, 7) is 5.69. The van der Waals surface area contributed by atoms with Gasteiger partial charge >= 0.3 is 0 Å². The molecule has 160 valence electrons. The van der Waals surface area contributed by atoms with Crippen LogP contribution in [0.5, 0.6) is 0 Å². The van der Waals surface area contributed by atoms with E-state index in [2.05, 4.69) is 16.7 Å². The number of ether oxygens (including phenoxy) is 1. The summed E-state index contributed by atoms with van der Waals surface area (Å²) in [5.41, 5.74) is 2.49. The van der Waals surface area contributed by atoms with Gasteiger partial charge in [0.2, 0.25) is 5.91 Å². The van der Waals surface area contributed by atoms with Crippen molar-refractivity contribution < 1.29 is 14.3 Å². The van der Waals surface area contributed by atoms with Crippen molar-refractivity contribution in [3.8, 4) is 11.8 Å². The minimum atomic E-state index is 0.00264. The molecule has 6 nitrogen and oxygen atoms in total. The van der Waals surface area contributed by atoms with Crippen LogP contribution in [0.15, 0.2) is 54.6 Å². The summed E-state index contributed by atoms with van der Waals surface area (Å²) in [5, 5.41) is 0. The molecule has 2 aliphatic rings. The lowest BCUT2D eigenvalue weighted by atomic mass is 10.1. The molecule has 31 heavy (non-hydrogen) atoms. The number of benzene rings is 2. The van der Waals surface area contributed by atoms with Crippen LogP contribution < -0.4 is 0 Å². The second-order valence-electron chi connectivity index (χ2n) is 7.75. The van der Waals surface area contributed by atoms with E-state index < -0.39 is 0 Å². The summed E-state index contributed by atoms with van der Waals surface area (Å²) >= 11 is 0. The van der Waals surface area contributed by atoms with Gasteiger partial charge in [-0.25, -0.2) is 0 Å². The van der Waals surface area contributed by atoms with Crippen molar-refractivity contribution in [1.82, 2.24) is 14.7 Å². The summed E-state index contributed by atoms with van der Waals surface area (Å²) in [6.07, 6.45) is 0. The molecular weight excluding hydrogens is 390 g/mol. The second kappa shape index (κ2) is 10.3. The van der Waals surface area contributed by atoms with Crippen LogP contribution in [0.2, 0.25) is 0 Å². The SMILES string of the molecule is O=C(CN1CCOCC1)N1CCN(C(=O)c2ccc(C#Cc3ccccc3)cc2)CC1. The molecule has 2 heterocycles. The van der Waals surface area contributed by atoms with Crippen molar-refractivity contribution in [3.05, 3.63) is 71.3 Å². The maximum Gasteiger partial charge on any atom is 0.253 e. The lowest BCUT2D eigenvalue weighted by Crippen LogP contribution is -2.53. The van der Waals surface area contributed by atoms with Crippen molar-refractivity contribution in [2.24, 2.45) is 0 Å². The molecule has 2 aliphatic heterocycles. The lowest BCUT2D eigenvalue weighted by molar-refractivity contribution is -0.134. The number of nitrogens with zero attached hydrogens (tertiary/aromatic N) is 3. The van der Waals surface area contributed by atoms with Gasteiger partial charge in [-0.15, -0.1) is 0 Å². The Morgan fingerprint density at radius 2 is 1.32 bits per heavy atom. The fraction of sp³-hybridized carbons (Fsp3) is 0.360. The summed E-state index contributed by atoms with van der Waals surface area (Å²) in [4.78, 5) is 31.2. The Kier molecular flexibility index (Phi) is 6.98. The number of carbonyl (C=O) groups excluding carboxylic acids is 2. The van der Waals surface area contributed by atoms with Gasteiger partial charge in [0.15, 0.2) is 0 Å². The van der Waals surface area contributed by atoms with Crippen LogP contribution in [0, 0.1) is 11.8 Å². The topological polar surface area (TPSA) is 53.1 Å². The average molecular weight is 418 g/mol. The molecule has 2 fully saturated rings. The number of amides is 2. The van der Waals surface area contributed by atoms with Crippen LogP contribution in [0.3, 0.4) is 0 Å². The van der Waals surface area contributed by atoms with E-state index in [1.807, 2.05) is 64.4 Å². The van der Waals surface area contributed by atoms with Gasteiger partial charge in [0, 0.05) is 56.0 Å². The van der Waals surface area contributed by atoms with E-state index in [0.29, 0.717) is 51.5 Å². The molecule has 4 rings (SSSR count). The number of rotatable bonds is 3. The molecule has 0 radical (unpaired) electrons. The smallest absolute Gasteiger partial charge is 0.253 e. The molecule has 2 saturated heterocycles. The Hall–Kier alpha value is -3.14. The predicted octanol–water partition coefficient (Wildman–Crippen LogP) is 1.70. The van der Waals surface area contributed by atoms with E-state index in [0.717, 1.165) is 24.2 Å². The largest absolute Gasteiger partial charge is 0.379 e. The predicted molar refractivity (Wildman–Crippen MR) is 119 cm³/mol. The zero-order chi connectivity index (χ0) is 21.5. The molecule has 0 bridgehead atoms. The van der Waals surface area contributed by atoms with Crippen LogP contribution in [-0.4, -0.2) is 85.5 Å². The first-order chi connectivity index (χ1) is 15.2. The Bertz CT molecular complexity index is 949. The van der Waals surface area contributed by atoms with Gasteiger partial charge in [-0.1, -0.05) is 30.0 Å². The van der Waals surface area contributed by atoms with E-state index in [4.69, 9.17) is 4.74 Å². The molecule has 0 N–H and O–H groups in total. The van der Waals surface area contributed by atoms with E-state index in [1.54, 1.807) is 0 Å². The molecule has 0 aromatic heterocycles. The highest BCUT2D eigenvalue weighted by Crippen LogP contribution is 2.11. The molecule has 2 aromatic carbocycles. The summed E-state index contributed by atoms with van der Waals surface area (Å²) in [7, 11) is 0. The van der Waals surface area contributed by atoms with Gasteiger partial charge in [0.1, 0.15) is 0 Å². The number of piperazine rings is 1. The molecule has 2 amide bonds. The van der Waals surface area contributed by atoms with Crippen LogP contribution in [0.4, 0.5) is 0 Å². The lowest BCUT2D eigenvalue weighted by Gasteiger charge is -2.36. The maximum absolute atomic E-state index is 12.8. The second-order valence-corrected chi connectivity index (χ2v) is 7.75. The number of hydrogen-bond acceptors (Lipinski definition) is 4. The molecule has 6 heteroatoms. The minimum absolute atomic E-state index is 0.00264. The van der Waals surface area contributed by atoms with E-state index >= 15 is 0 Å². The third-order valence-corrected chi connectivity index (χ3v) is 5.64. The molecule has 0 aliphatic carbocycles. The standard InChI is InChI=1S/C25H27N3O3/c29-24(20-26-16-18-31-19-17-26)27-12-14-28(15-13-27)25(30)23-10-8-22(9-11-23)7-6-21-4-2-1-3-5-21/h1-5,8-11H,12-20H2. The van der Waals surface area contributed by atoms with Crippen molar-refractivity contribution in [3.63, 3.8) is 0 Å². The molecule has 0 unspecified atom stereocenters. The van der Waals surface area contributed by atoms with Gasteiger partial charge in [0.25, 0.3) is 5.91 Å². The number of hydrogen-bond donors (Lipinski definition) is 0. The van der Waals surface area contributed by atoms with Crippen molar-refractivity contribution >= 4 is 11.8 Å². The summed E-state index contributed by atoms with van der Waals surface area (Å²) in [6, 6.07) is 17.2. The number of carbonyl (C=O) groups is 2. The van der Waals surface area contributed by atoms with Gasteiger partial charge < -0.3 is 14.5 Å². The highest BCUT2D eigenvalue weighted by molar-refractivity contribution is 5.94. The van der Waals surface area contributed by atoms with Crippen LogP contribution in [-0.2, 0) is 9.53 Å². The Balaban J connectivity index is 1.28. The van der Waals surface area contributed by atoms with Gasteiger partial charge in [-0.05, 0) is 36.4 Å². The highest BCUT2D eigenvalue weighted by Gasteiger charge is 2.26. The van der Waals surface area contributed by atoms with Crippen LogP contribution >= 0.6 is 0 Å². The third-order valence-electron chi connectivity index (χ3n) is 5.64. The first kappa shape index (κ1) is 21.1. The summed E-state index contributed by atoms with van der Waals surface area (Å²) < 4.78 is 5.33. The summed E-state index contributed by atoms with van der Waals surface area (Å²) in [5.74, 6) is 6.39. The van der Waals surface area contributed by atoms with Crippen molar-refractivity contribution in [1.29, 1.82) is 0 Å².